The standard InChI is InChI=1S/C18H22N4O3/c1-11-8-12(2)22(20-11)13(3)9-17-19-18(21-25-17)14-6-7-15(23-4)16(10-14)24-5/h6-8,10,13H,9H2,1-5H3/t13-/m0/s1. The molecule has 0 radical (unpaired) electrons. The van der Waals surface area contributed by atoms with Gasteiger partial charge in [0.25, 0.3) is 0 Å². The minimum Gasteiger partial charge on any atom is -0.493 e. The second kappa shape index (κ2) is 6.96. The number of rotatable bonds is 6. The molecule has 2 aromatic heterocycles. The Morgan fingerprint density at radius 2 is 1.88 bits per heavy atom. The molecule has 7 heteroatoms. The van der Waals surface area contributed by atoms with Crippen molar-refractivity contribution in [3.63, 3.8) is 0 Å². The van der Waals surface area contributed by atoms with Gasteiger partial charge >= 0.3 is 0 Å². The summed E-state index contributed by atoms with van der Waals surface area (Å²) in [7, 11) is 3.20. The van der Waals surface area contributed by atoms with E-state index in [1.54, 1.807) is 14.2 Å². The molecule has 0 amide bonds. The number of aryl methyl sites for hydroxylation is 2. The summed E-state index contributed by atoms with van der Waals surface area (Å²) in [5.74, 6) is 2.39. The number of benzene rings is 1. The molecule has 0 aliphatic carbocycles. The van der Waals surface area contributed by atoms with Gasteiger partial charge in [-0.2, -0.15) is 10.1 Å². The van der Waals surface area contributed by atoms with E-state index in [4.69, 9.17) is 14.0 Å². The van der Waals surface area contributed by atoms with Crippen molar-refractivity contribution in [3.05, 3.63) is 41.5 Å². The van der Waals surface area contributed by atoms with E-state index in [-0.39, 0.29) is 6.04 Å². The molecular formula is C18H22N4O3. The van der Waals surface area contributed by atoms with Crippen molar-refractivity contribution in [1.29, 1.82) is 0 Å². The maximum atomic E-state index is 5.41. The summed E-state index contributed by atoms with van der Waals surface area (Å²) in [4.78, 5) is 4.50. The van der Waals surface area contributed by atoms with Crippen molar-refractivity contribution in [1.82, 2.24) is 19.9 Å². The van der Waals surface area contributed by atoms with Crippen molar-refractivity contribution in [2.45, 2.75) is 33.2 Å². The molecule has 0 bridgehead atoms. The van der Waals surface area contributed by atoms with E-state index >= 15 is 0 Å². The summed E-state index contributed by atoms with van der Waals surface area (Å²) in [6.07, 6.45) is 0.613. The highest BCUT2D eigenvalue weighted by Crippen LogP contribution is 2.31. The molecule has 2 heterocycles. The van der Waals surface area contributed by atoms with Gasteiger partial charge in [-0.3, -0.25) is 4.68 Å². The van der Waals surface area contributed by atoms with Gasteiger partial charge in [-0.15, -0.1) is 0 Å². The number of hydrogen-bond donors (Lipinski definition) is 0. The van der Waals surface area contributed by atoms with Crippen molar-refractivity contribution in [2.24, 2.45) is 0 Å². The van der Waals surface area contributed by atoms with Crippen LogP contribution in [0.2, 0.25) is 0 Å². The summed E-state index contributed by atoms with van der Waals surface area (Å²) >= 11 is 0. The molecule has 7 nitrogen and oxygen atoms in total. The van der Waals surface area contributed by atoms with Crippen LogP contribution in [0.15, 0.2) is 28.8 Å². The fraction of sp³-hybridized carbons (Fsp3) is 0.389. The molecular weight excluding hydrogens is 320 g/mol. The lowest BCUT2D eigenvalue weighted by Gasteiger charge is -2.11. The quantitative estimate of drug-likeness (QED) is 0.684. The highest BCUT2D eigenvalue weighted by atomic mass is 16.5. The summed E-state index contributed by atoms with van der Waals surface area (Å²) in [6, 6.07) is 7.72. The normalized spacial score (nSPS) is 12.2. The van der Waals surface area contributed by atoms with E-state index in [0.717, 1.165) is 17.0 Å². The van der Waals surface area contributed by atoms with Crippen LogP contribution in [0.25, 0.3) is 11.4 Å². The Kier molecular flexibility index (Phi) is 4.74. The SMILES string of the molecule is COc1ccc(-c2noc(C[C@H](C)n3nc(C)cc3C)n2)cc1OC. The van der Waals surface area contributed by atoms with Gasteiger partial charge in [-0.1, -0.05) is 5.16 Å². The van der Waals surface area contributed by atoms with Crippen LogP contribution in [0, 0.1) is 13.8 Å². The smallest absolute Gasteiger partial charge is 0.229 e. The molecule has 3 rings (SSSR count). The van der Waals surface area contributed by atoms with Crippen LogP contribution in [-0.4, -0.2) is 34.1 Å². The number of hydrogen-bond acceptors (Lipinski definition) is 6. The monoisotopic (exact) mass is 342 g/mol. The van der Waals surface area contributed by atoms with E-state index in [1.807, 2.05) is 36.7 Å². The molecule has 0 N–H and O–H groups in total. The molecule has 0 saturated heterocycles. The largest absolute Gasteiger partial charge is 0.493 e. The number of methoxy groups -OCH3 is 2. The zero-order valence-electron chi connectivity index (χ0n) is 15.1. The average molecular weight is 342 g/mol. The molecule has 0 saturated carbocycles. The van der Waals surface area contributed by atoms with E-state index in [0.29, 0.717) is 29.6 Å². The van der Waals surface area contributed by atoms with Crippen molar-refractivity contribution >= 4 is 0 Å². The Morgan fingerprint density at radius 1 is 1.12 bits per heavy atom. The molecule has 25 heavy (non-hydrogen) atoms. The maximum absolute atomic E-state index is 5.41. The number of nitrogens with zero attached hydrogens (tertiary/aromatic N) is 4. The molecule has 0 fully saturated rings. The van der Waals surface area contributed by atoms with Gasteiger partial charge < -0.3 is 14.0 Å². The summed E-state index contributed by atoms with van der Waals surface area (Å²) in [5.41, 5.74) is 2.93. The van der Waals surface area contributed by atoms with Crippen molar-refractivity contribution in [3.8, 4) is 22.9 Å². The van der Waals surface area contributed by atoms with Gasteiger partial charge in [0.2, 0.25) is 11.7 Å². The van der Waals surface area contributed by atoms with Crippen molar-refractivity contribution < 1.29 is 14.0 Å². The third-order valence-corrected chi connectivity index (χ3v) is 4.04. The number of ether oxygens (including phenoxy) is 2. The lowest BCUT2D eigenvalue weighted by atomic mass is 10.2. The van der Waals surface area contributed by atoms with E-state index < -0.39 is 0 Å². The Hall–Kier alpha value is -2.83. The maximum Gasteiger partial charge on any atom is 0.229 e. The minimum atomic E-state index is 0.132. The Labute approximate surface area is 146 Å². The van der Waals surface area contributed by atoms with E-state index in [2.05, 4.69) is 28.2 Å². The first kappa shape index (κ1) is 17.0. The average Bonchev–Trinajstić information content (AvgIpc) is 3.20. The van der Waals surface area contributed by atoms with Crippen LogP contribution in [0.1, 0.15) is 30.2 Å². The van der Waals surface area contributed by atoms with E-state index in [9.17, 15) is 0 Å². The molecule has 1 aromatic carbocycles. The van der Waals surface area contributed by atoms with Gasteiger partial charge in [-0.05, 0) is 45.0 Å². The van der Waals surface area contributed by atoms with Crippen LogP contribution < -0.4 is 9.47 Å². The first-order chi connectivity index (χ1) is 12.0. The predicted molar refractivity (Wildman–Crippen MR) is 93.0 cm³/mol. The second-order valence-electron chi connectivity index (χ2n) is 6.01. The second-order valence-corrected chi connectivity index (χ2v) is 6.01. The summed E-state index contributed by atoms with van der Waals surface area (Å²) in [5, 5.41) is 8.59. The predicted octanol–water partition coefficient (Wildman–Crippen LogP) is 3.37. The fourth-order valence-corrected chi connectivity index (χ4v) is 2.86. The highest BCUT2D eigenvalue weighted by molar-refractivity contribution is 5.60. The Morgan fingerprint density at radius 3 is 2.52 bits per heavy atom. The van der Waals surface area contributed by atoms with Crippen LogP contribution in [0.3, 0.4) is 0 Å². The van der Waals surface area contributed by atoms with E-state index in [1.165, 1.54) is 0 Å². The van der Waals surface area contributed by atoms with Gasteiger partial charge in [-0.25, -0.2) is 0 Å². The molecule has 0 spiro atoms. The number of aromatic nitrogens is 4. The highest BCUT2D eigenvalue weighted by Gasteiger charge is 2.16. The lowest BCUT2D eigenvalue weighted by molar-refractivity contribution is 0.347. The zero-order chi connectivity index (χ0) is 18.0. The molecule has 0 aliphatic rings. The van der Waals surface area contributed by atoms with Gasteiger partial charge in [0.15, 0.2) is 11.5 Å². The zero-order valence-corrected chi connectivity index (χ0v) is 15.1. The summed E-state index contributed by atoms with van der Waals surface area (Å²) in [6.45, 7) is 6.11. The minimum absolute atomic E-state index is 0.132. The third-order valence-electron chi connectivity index (χ3n) is 4.04. The first-order valence-electron chi connectivity index (χ1n) is 8.09. The van der Waals surface area contributed by atoms with Crippen LogP contribution in [0.5, 0.6) is 11.5 Å². The molecule has 132 valence electrons. The Bertz CT molecular complexity index is 869. The van der Waals surface area contributed by atoms with Gasteiger partial charge in [0.05, 0.1) is 26.0 Å². The third kappa shape index (κ3) is 3.50. The van der Waals surface area contributed by atoms with Crippen LogP contribution in [-0.2, 0) is 6.42 Å². The topological polar surface area (TPSA) is 75.2 Å². The molecule has 3 aromatic rings. The van der Waals surface area contributed by atoms with Gasteiger partial charge in [0, 0.05) is 17.7 Å². The molecule has 0 unspecified atom stereocenters. The summed E-state index contributed by atoms with van der Waals surface area (Å²) < 4.78 is 18.0. The Balaban J connectivity index is 1.79. The lowest BCUT2D eigenvalue weighted by Crippen LogP contribution is -2.11. The van der Waals surface area contributed by atoms with Crippen LogP contribution >= 0.6 is 0 Å². The van der Waals surface area contributed by atoms with Gasteiger partial charge in [0.1, 0.15) is 0 Å². The fourth-order valence-electron chi connectivity index (χ4n) is 2.86. The van der Waals surface area contributed by atoms with Crippen LogP contribution in [0.4, 0.5) is 0 Å². The molecule has 1 atom stereocenters. The molecule has 0 aliphatic heterocycles. The first-order valence-corrected chi connectivity index (χ1v) is 8.09. The van der Waals surface area contributed by atoms with Crippen molar-refractivity contribution in [2.75, 3.05) is 14.2 Å².